The number of rotatable bonds is 4. The van der Waals surface area contributed by atoms with Crippen LogP contribution in [0.2, 0.25) is 0 Å². The van der Waals surface area contributed by atoms with Crippen molar-refractivity contribution in [3.05, 3.63) is 72.3 Å². The van der Waals surface area contributed by atoms with Gasteiger partial charge in [-0.05, 0) is 42.5 Å². The third-order valence-electron chi connectivity index (χ3n) is 4.58. The molecule has 0 aromatic heterocycles. The van der Waals surface area contributed by atoms with E-state index in [1.165, 1.54) is 12.1 Å². The number of ether oxygens (including phenoxy) is 2. The van der Waals surface area contributed by atoms with Gasteiger partial charge in [-0.15, -0.1) is 6.42 Å². The SMILES string of the molecule is C#Cc1ccc2c(Oc3ccc(N)c(O)c3)cccc2c1Oc1ccc(N)c(O)c1. The fourth-order valence-electron chi connectivity index (χ4n) is 3.03. The average molecular weight is 398 g/mol. The predicted molar refractivity (Wildman–Crippen MR) is 117 cm³/mol. The van der Waals surface area contributed by atoms with Crippen molar-refractivity contribution in [3.63, 3.8) is 0 Å². The summed E-state index contributed by atoms with van der Waals surface area (Å²) in [6.45, 7) is 0. The fraction of sp³-hybridized carbons (Fsp3) is 0. The van der Waals surface area contributed by atoms with Gasteiger partial charge in [0.05, 0.1) is 16.9 Å². The van der Waals surface area contributed by atoms with E-state index in [0.717, 1.165) is 10.8 Å². The minimum absolute atomic E-state index is 0.0606. The van der Waals surface area contributed by atoms with Crippen LogP contribution in [0.15, 0.2) is 66.7 Å². The van der Waals surface area contributed by atoms with Gasteiger partial charge in [0.2, 0.25) is 0 Å². The van der Waals surface area contributed by atoms with Crippen LogP contribution in [0.5, 0.6) is 34.5 Å². The molecule has 0 aliphatic rings. The van der Waals surface area contributed by atoms with Crippen molar-refractivity contribution in [2.75, 3.05) is 11.5 Å². The smallest absolute Gasteiger partial charge is 0.150 e. The maximum Gasteiger partial charge on any atom is 0.150 e. The molecule has 0 unspecified atom stereocenters. The Morgan fingerprint density at radius 3 is 1.97 bits per heavy atom. The Bertz CT molecular complexity index is 1310. The standard InChI is InChI=1S/C24H18N2O4/c1-2-14-6-9-17-18(24(14)30-16-8-11-20(26)22(28)13-16)4-3-5-23(17)29-15-7-10-19(25)21(27)12-15/h1,3-13,27-28H,25-26H2. The lowest BCUT2D eigenvalue weighted by atomic mass is 10.0. The van der Waals surface area contributed by atoms with Crippen LogP contribution in [0.3, 0.4) is 0 Å². The molecule has 0 atom stereocenters. The Balaban J connectivity index is 1.80. The highest BCUT2D eigenvalue weighted by molar-refractivity contribution is 5.95. The zero-order valence-corrected chi connectivity index (χ0v) is 15.8. The summed E-state index contributed by atoms with van der Waals surface area (Å²) in [5.74, 6) is 4.29. The molecule has 0 fully saturated rings. The van der Waals surface area contributed by atoms with Crippen LogP contribution in [-0.4, -0.2) is 10.2 Å². The zero-order valence-electron chi connectivity index (χ0n) is 15.8. The Hall–Kier alpha value is -4.50. The van der Waals surface area contributed by atoms with Gasteiger partial charge in [0, 0.05) is 22.9 Å². The molecule has 30 heavy (non-hydrogen) atoms. The number of hydrogen-bond donors (Lipinski definition) is 4. The van der Waals surface area contributed by atoms with Crippen LogP contribution in [0.25, 0.3) is 10.8 Å². The quantitative estimate of drug-likeness (QED) is 0.219. The molecule has 0 aliphatic carbocycles. The first kappa shape index (κ1) is 18.8. The van der Waals surface area contributed by atoms with Gasteiger partial charge in [-0.25, -0.2) is 0 Å². The monoisotopic (exact) mass is 398 g/mol. The largest absolute Gasteiger partial charge is 0.506 e. The molecule has 0 radical (unpaired) electrons. The van der Waals surface area contributed by atoms with Crippen LogP contribution in [0.4, 0.5) is 11.4 Å². The number of aromatic hydroxyl groups is 2. The molecule has 6 N–H and O–H groups in total. The molecule has 4 rings (SSSR count). The lowest BCUT2D eigenvalue weighted by molar-refractivity contribution is 0.456. The van der Waals surface area contributed by atoms with Crippen LogP contribution in [-0.2, 0) is 0 Å². The van der Waals surface area contributed by atoms with Crippen molar-refractivity contribution in [3.8, 4) is 46.8 Å². The molecule has 0 saturated heterocycles. The highest BCUT2D eigenvalue weighted by Gasteiger charge is 2.14. The van der Waals surface area contributed by atoms with Crippen LogP contribution in [0.1, 0.15) is 5.56 Å². The van der Waals surface area contributed by atoms with Crippen molar-refractivity contribution in [2.24, 2.45) is 0 Å². The van der Waals surface area contributed by atoms with E-state index in [1.807, 2.05) is 18.2 Å². The van der Waals surface area contributed by atoms with Gasteiger partial charge >= 0.3 is 0 Å². The molecule has 0 aliphatic heterocycles. The van der Waals surface area contributed by atoms with Gasteiger partial charge < -0.3 is 31.2 Å². The highest BCUT2D eigenvalue weighted by Crippen LogP contribution is 2.40. The maximum absolute atomic E-state index is 9.87. The van der Waals surface area contributed by atoms with Crippen LogP contribution >= 0.6 is 0 Å². The molecule has 6 heteroatoms. The lowest BCUT2D eigenvalue weighted by Crippen LogP contribution is -1.93. The molecule has 0 heterocycles. The van der Waals surface area contributed by atoms with Gasteiger partial charge in [0.1, 0.15) is 28.7 Å². The minimum atomic E-state index is -0.0813. The van der Waals surface area contributed by atoms with Gasteiger partial charge in [0.15, 0.2) is 5.75 Å². The van der Waals surface area contributed by atoms with E-state index in [1.54, 1.807) is 36.4 Å². The van der Waals surface area contributed by atoms with Crippen molar-refractivity contribution < 1.29 is 19.7 Å². The summed E-state index contributed by atoms with van der Waals surface area (Å²) in [6.07, 6.45) is 5.67. The van der Waals surface area contributed by atoms with E-state index in [4.69, 9.17) is 27.4 Å². The summed E-state index contributed by atoms with van der Waals surface area (Å²) < 4.78 is 12.0. The fourth-order valence-corrected chi connectivity index (χ4v) is 3.03. The second kappa shape index (κ2) is 7.49. The average Bonchev–Trinajstić information content (AvgIpc) is 2.74. The topological polar surface area (TPSA) is 111 Å². The first-order valence-electron chi connectivity index (χ1n) is 9.01. The molecule has 4 aromatic rings. The van der Waals surface area contributed by atoms with E-state index < -0.39 is 0 Å². The number of phenols is 2. The van der Waals surface area contributed by atoms with Crippen molar-refractivity contribution in [2.45, 2.75) is 0 Å². The number of nitrogen functional groups attached to an aromatic ring is 2. The Morgan fingerprint density at radius 2 is 1.37 bits per heavy atom. The van der Waals surface area contributed by atoms with E-state index in [2.05, 4.69) is 5.92 Å². The molecule has 0 amide bonds. The third kappa shape index (κ3) is 3.48. The Kier molecular flexibility index (Phi) is 4.71. The van der Waals surface area contributed by atoms with Crippen molar-refractivity contribution in [1.82, 2.24) is 0 Å². The molecule has 0 saturated carbocycles. The summed E-state index contributed by atoms with van der Waals surface area (Å²) in [5.41, 5.74) is 12.4. The van der Waals surface area contributed by atoms with Gasteiger partial charge in [-0.2, -0.15) is 0 Å². The maximum atomic E-state index is 9.87. The summed E-state index contributed by atoms with van der Waals surface area (Å²) in [6, 6.07) is 18.3. The van der Waals surface area contributed by atoms with Gasteiger partial charge in [0.25, 0.3) is 0 Å². The first-order chi connectivity index (χ1) is 14.5. The summed E-state index contributed by atoms with van der Waals surface area (Å²) in [4.78, 5) is 0. The number of hydrogen-bond acceptors (Lipinski definition) is 6. The Morgan fingerprint density at radius 1 is 0.733 bits per heavy atom. The van der Waals surface area contributed by atoms with E-state index in [0.29, 0.717) is 28.6 Å². The number of anilines is 2. The third-order valence-corrected chi connectivity index (χ3v) is 4.58. The predicted octanol–water partition coefficient (Wildman–Crippen LogP) is 4.98. The number of fused-ring (bicyclic) bond motifs is 1. The summed E-state index contributed by atoms with van der Waals surface area (Å²) >= 11 is 0. The number of benzene rings is 4. The van der Waals surface area contributed by atoms with Crippen molar-refractivity contribution >= 4 is 22.1 Å². The van der Waals surface area contributed by atoms with Crippen LogP contribution in [0, 0.1) is 12.3 Å². The summed E-state index contributed by atoms with van der Waals surface area (Å²) in [7, 11) is 0. The Labute approximate surface area is 172 Å². The molecular weight excluding hydrogens is 380 g/mol. The first-order valence-corrected chi connectivity index (χ1v) is 9.01. The number of phenolic OH excluding ortho intramolecular Hbond substituents is 2. The van der Waals surface area contributed by atoms with E-state index in [-0.39, 0.29) is 22.9 Å². The summed E-state index contributed by atoms with van der Waals surface area (Å²) in [5, 5.41) is 21.2. The van der Waals surface area contributed by atoms with Crippen LogP contribution < -0.4 is 20.9 Å². The number of terminal acetylenes is 1. The van der Waals surface area contributed by atoms with E-state index in [9.17, 15) is 10.2 Å². The molecule has 6 nitrogen and oxygen atoms in total. The molecule has 0 bridgehead atoms. The van der Waals surface area contributed by atoms with Gasteiger partial charge in [-0.1, -0.05) is 18.1 Å². The molecule has 148 valence electrons. The van der Waals surface area contributed by atoms with Crippen molar-refractivity contribution in [1.29, 1.82) is 0 Å². The number of nitrogens with two attached hydrogens (primary N) is 2. The molecule has 4 aromatic carbocycles. The highest BCUT2D eigenvalue weighted by atomic mass is 16.5. The zero-order chi connectivity index (χ0) is 21.3. The second-order valence-electron chi connectivity index (χ2n) is 6.58. The van der Waals surface area contributed by atoms with E-state index >= 15 is 0 Å². The van der Waals surface area contributed by atoms with Gasteiger partial charge in [-0.3, -0.25) is 0 Å². The second-order valence-corrected chi connectivity index (χ2v) is 6.58. The minimum Gasteiger partial charge on any atom is -0.506 e. The normalized spacial score (nSPS) is 10.5. The lowest BCUT2D eigenvalue weighted by Gasteiger charge is -2.15. The molecule has 0 spiro atoms. The molecular formula is C24H18N2O4.